The van der Waals surface area contributed by atoms with Crippen molar-refractivity contribution in [2.75, 3.05) is 13.1 Å². The van der Waals surface area contributed by atoms with E-state index in [0.717, 1.165) is 31.5 Å². The second-order valence-electron chi connectivity index (χ2n) is 5.24. The van der Waals surface area contributed by atoms with Gasteiger partial charge in [-0.25, -0.2) is 4.39 Å². The number of hydrogen-bond acceptors (Lipinski definition) is 2. The fourth-order valence-electron chi connectivity index (χ4n) is 2.51. The lowest BCUT2D eigenvalue weighted by molar-refractivity contribution is -0.122. The first kappa shape index (κ1) is 14.0. The van der Waals surface area contributed by atoms with E-state index in [1.165, 1.54) is 12.1 Å². The van der Waals surface area contributed by atoms with Crippen LogP contribution in [0.25, 0.3) is 0 Å². The van der Waals surface area contributed by atoms with E-state index in [1.54, 1.807) is 6.07 Å². The van der Waals surface area contributed by atoms with Crippen LogP contribution in [-0.2, 0) is 4.79 Å². The molecule has 1 amide bonds. The normalized spacial score (nSPS) is 18.0. The number of nitrogens with one attached hydrogen (secondary N) is 2. The quantitative estimate of drug-likeness (QED) is 0.876. The van der Waals surface area contributed by atoms with E-state index in [9.17, 15) is 9.18 Å². The Morgan fingerprint density at radius 3 is 2.89 bits per heavy atom. The standard InChI is InChI=1S/C15H21FN2O/c1-11(13-3-2-4-14(16)10-13)18-15(19)9-12-5-7-17-8-6-12/h2-4,10-12,17H,5-9H2,1H3,(H,18,19)/t11-/m1/s1. The third-order valence-electron chi connectivity index (χ3n) is 3.66. The van der Waals surface area contributed by atoms with Crippen molar-refractivity contribution in [1.82, 2.24) is 10.6 Å². The van der Waals surface area contributed by atoms with Gasteiger partial charge in [0, 0.05) is 6.42 Å². The summed E-state index contributed by atoms with van der Waals surface area (Å²) in [5.74, 6) is 0.265. The molecular weight excluding hydrogens is 243 g/mol. The molecule has 0 saturated carbocycles. The number of hydrogen-bond donors (Lipinski definition) is 2. The monoisotopic (exact) mass is 264 g/mol. The van der Waals surface area contributed by atoms with E-state index in [2.05, 4.69) is 10.6 Å². The van der Waals surface area contributed by atoms with E-state index in [4.69, 9.17) is 0 Å². The average molecular weight is 264 g/mol. The Morgan fingerprint density at radius 1 is 1.47 bits per heavy atom. The van der Waals surface area contributed by atoms with Crippen molar-refractivity contribution < 1.29 is 9.18 Å². The van der Waals surface area contributed by atoms with Gasteiger partial charge < -0.3 is 10.6 Å². The molecular formula is C15H21FN2O. The van der Waals surface area contributed by atoms with Gasteiger partial charge in [-0.05, 0) is 56.5 Å². The molecule has 1 atom stereocenters. The van der Waals surface area contributed by atoms with Crippen LogP contribution in [0.15, 0.2) is 24.3 Å². The zero-order valence-electron chi connectivity index (χ0n) is 11.3. The molecule has 1 heterocycles. The molecule has 0 aromatic heterocycles. The zero-order chi connectivity index (χ0) is 13.7. The van der Waals surface area contributed by atoms with Gasteiger partial charge in [-0.3, -0.25) is 4.79 Å². The van der Waals surface area contributed by atoms with Crippen LogP contribution in [-0.4, -0.2) is 19.0 Å². The highest BCUT2D eigenvalue weighted by molar-refractivity contribution is 5.76. The van der Waals surface area contributed by atoms with Gasteiger partial charge in [0.1, 0.15) is 5.82 Å². The van der Waals surface area contributed by atoms with Crippen LogP contribution in [0.3, 0.4) is 0 Å². The van der Waals surface area contributed by atoms with Crippen molar-refractivity contribution in [2.24, 2.45) is 5.92 Å². The summed E-state index contributed by atoms with van der Waals surface area (Å²) < 4.78 is 13.1. The number of benzene rings is 1. The lowest BCUT2D eigenvalue weighted by Gasteiger charge is -2.23. The molecule has 1 aliphatic heterocycles. The van der Waals surface area contributed by atoms with Crippen LogP contribution in [0.2, 0.25) is 0 Å². The van der Waals surface area contributed by atoms with Gasteiger partial charge >= 0.3 is 0 Å². The Morgan fingerprint density at radius 2 is 2.21 bits per heavy atom. The summed E-state index contributed by atoms with van der Waals surface area (Å²) in [6, 6.07) is 6.23. The molecule has 0 radical (unpaired) electrons. The highest BCUT2D eigenvalue weighted by Gasteiger charge is 2.18. The van der Waals surface area contributed by atoms with Gasteiger partial charge in [-0.1, -0.05) is 12.1 Å². The SMILES string of the molecule is C[C@@H](NC(=O)CC1CCNCC1)c1cccc(F)c1. The Labute approximate surface area is 113 Å². The van der Waals surface area contributed by atoms with Crippen molar-refractivity contribution in [3.05, 3.63) is 35.6 Å². The van der Waals surface area contributed by atoms with Crippen LogP contribution >= 0.6 is 0 Å². The molecule has 0 spiro atoms. The maximum Gasteiger partial charge on any atom is 0.220 e. The third kappa shape index (κ3) is 4.31. The summed E-state index contributed by atoms with van der Waals surface area (Å²) in [6.07, 6.45) is 2.69. The number of rotatable bonds is 4. The molecule has 0 unspecified atom stereocenters. The van der Waals surface area contributed by atoms with E-state index >= 15 is 0 Å². The number of carbonyl (C=O) groups is 1. The first-order chi connectivity index (χ1) is 9.15. The fraction of sp³-hybridized carbons (Fsp3) is 0.533. The molecule has 104 valence electrons. The molecule has 2 N–H and O–H groups in total. The maximum atomic E-state index is 13.1. The number of carbonyl (C=O) groups excluding carboxylic acids is 1. The summed E-state index contributed by atoms with van der Waals surface area (Å²) in [5, 5.41) is 6.23. The molecule has 0 bridgehead atoms. The average Bonchev–Trinajstić information content (AvgIpc) is 2.39. The molecule has 3 nitrogen and oxygen atoms in total. The van der Waals surface area contributed by atoms with Crippen molar-refractivity contribution in [3.8, 4) is 0 Å². The van der Waals surface area contributed by atoms with Gasteiger partial charge in [0.15, 0.2) is 0 Å². The first-order valence-corrected chi connectivity index (χ1v) is 6.90. The molecule has 1 aromatic rings. The molecule has 2 rings (SSSR count). The molecule has 1 saturated heterocycles. The number of amides is 1. The first-order valence-electron chi connectivity index (χ1n) is 6.90. The molecule has 1 fully saturated rings. The number of halogens is 1. The second-order valence-corrected chi connectivity index (χ2v) is 5.24. The van der Waals surface area contributed by atoms with Gasteiger partial charge in [0.05, 0.1) is 6.04 Å². The topological polar surface area (TPSA) is 41.1 Å². The summed E-state index contributed by atoms with van der Waals surface area (Å²) in [7, 11) is 0. The molecule has 1 aromatic carbocycles. The lowest BCUT2D eigenvalue weighted by atomic mass is 9.94. The van der Waals surface area contributed by atoms with Gasteiger partial charge in [0.25, 0.3) is 0 Å². The minimum Gasteiger partial charge on any atom is -0.350 e. The minimum absolute atomic E-state index is 0.0589. The second kappa shape index (κ2) is 6.66. The van der Waals surface area contributed by atoms with Crippen LogP contribution in [0.4, 0.5) is 4.39 Å². The minimum atomic E-state index is -0.267. The Balaban J connectivity index is 1.84. The molecule has 4 heteroatoms. The predicted molar refractivity (Wildman–Crippen MR) is 73.2 cm³/mol. The smallest absolute Gasteiger partial charge is 0.220 e. The molecule has 0 aliphatic carbocycles. The summed E-state index contributed by atoms with van der Waals surface area (Å²) in [6.45, 7) is 3.88. The fourth-order valence-corrected chi connectivity index (χ4v) is 2.51. The Bertz CT molecular complexity index is 430. The largest absolute Gasteiger partial charge is 0.350 e. The zero-order valence-corrected chi connectivity index (χ0v) is 11.3. The van der Waals surface area contributed by atoms with E-state index in [-0.39, 0.29) is 17.8 Å². The summed E-state index contributed by atoms with van der Waals surface area (Å²) >= 11 is 0. The van der Waals surface area contributed by atoms with Crippen LogP contribution in [0, 0.1) is 11.7 Å². The molecule has 1 aliphatic rings. The summed E-state index contributed by atoms with van der Waals surface area (Å²) in [4.78, 5) is 12.0. The highest BCUT2D eigenvalue weighted by atomic mass is 19.1. The van der Waals surface area contributed by atoms with Crippen LogP contribution in [0.5, 0.6) is 0 Å². The van der Waals surface area contributed by atoms with Crippen molar-refractivity contribution in [2.45, 2.75) is 32.2 Å². The van der Waals surface area contributed by atoms with Gasteiger partial charge in [-0.15, -0.1) is 0 Å². The number of piperidine rings is 1. The van der Waals surface area contributed by atoms with Crippen LogP contribution in [0.1, 0.15) is 37.8 Å². The van der Waals surface area contributed by atoms with Gasteiger partial charge in [-0.2, -0.15) is 0 Å². The molecule has 19 heavy (non-hydrogen) atoms. The predicted octanol–water partition coefficient (Wildman–Crippen LogP) is 2.39. The van der Waals surface area contributed by atoms with Crippen LogP contribution < -0.4 is 10.6 Å². The van der Waals surface area contributed by atoms with E-state index in [0.29, 0.717) is 12.3 Å². The van der Waals surface area contributed by atoms with Crippen molar-refractivity contribution in [3.63, 3.8) is 0 Å². The lowest BCUT2D eigenvalue weighted by Crippen LogP contribution is -2.33. The van der Waals surface area contributed by atoms with E-state index < -0.39 is 0 Å². The van der Waals surface area contributed by atoms with E-state index in [1.807, 2.05) is 13.0 Å². The third-order valence-corrected chi connectivity index (χ3v) is 3.66. The Hall–Kier alpha value is -1.42. The maximum absolute atomic E-state index is 13.1. The highest BCUT2D eigenvalue weighted by Crippen LogP contribution is 2.18. The van der Waals surface area contributed by atoms with Crippen molar-refractivity contribution >= 4 is 5.91 Å². The Kier molecular flexibility index (Phi) is 4.91. The van der Waals surface area contributed by atoms with Gasteiger partial charge in [0.2, 0.25) is 5.91 Å². The van der Waals surface area contributed by atoms with Crippen molar-refractivity contribution in [1.29, 1.82) is 0 Å². The summed E-state index contributed by atoms with van der Waals surface area (Å²) in [5.41, 5.74) is 0.804.